The molecule has 0 aliphatic heterocycles. The molecule has 0 rings (SSSR count). The number of carboxylic acid groups (broad SMARTS) is 1. The second-order valence-electron chi connectivity index (χ2n) is 0.819. The SMILES string of the molecule is CC=CC(=O)[O-].O.O.O.[NH4+]. The summed E-state index contributed by atoms with van der Waals surface area (Å²) in [6, 6.07) is 0. The Kier molecular flexibility index (Phi) is 87.2. The first-order valence-electron chi connectivity index (χ1n) is 1.61. The van der Waals surface area contributed by atoms with E-state index in [2.05, 4.69) is 0 Å². The third kappa shape index (κ3) is 61.4. The second-order valence-corrected chi connectivity index (χ2v) is 0.819. The quantitative estimate of drug-likeness (QED) is 0.406. The lowest BCUT2D eigenvalue weighted by molar-refractivity contribution is -0.297. The molecule has 66 valence electrons. The van der Waals surface area contributed by atoms with E-state index in [1.54, 1.807) is 6.92 Å². The van der Waals surface area contributed by atoms with Crippen LogP contribution in [-0.2, 0) is 4.79 Å². The molecule has 0 aliphatic rings. The first-order chi connectivity index (χ1) is 2.77. The monoisotopic (exact) mass is 157 g/mol. The van der Waals surface area contributed by atoms with Crippen LogP contribution in [0.4, 0.5) is 0 Å². The third-order valence-corrected chi connectivity index (χ3v) is 0.303. The normalized spacial score (nSPS) is 5.70. The first-order valence-corrected chi connectivity index (χ1v) is 1.61. The van der Waals surface area contributed by atoms with Crippen molar-refractivity contribution in [3.05, 3.63) is 12.2 Å². The largest absolute Gasteiger partial charge is 0.545 e. The highest BCUT2D eigenvalue weighted by Crippen LogP contribution is 1.61. The van der Waals surface area contributed by atoms with E-state index in [-0.39, 0.29) is 22.6 Å². The molecule has 0 fully saturated rings. The summed E-state index contributed by atoms with van der Waals surface area (Å²) in [6.07, 6.45) is 2.38. The van der Waals surface area contributed by atoms with Gasteiger partial charge in [0.2, 0.25) is 0 Å². The van der Waals surface area contributed by atoms with Crippen molar-refractivity contribution in [2.24, 2.45) is 0 Å². The van der Waals surface area contributed by atoms with E-state index in [9.17, 15) is 9.90 Å². The van der Waals surface area contributed by atoms with E-state index in [4.69, 9.17) is 0 Å². The molecule has 0 aromatic rings. The minimum absolute atomic E-state index is 0. The van der Waals surface area contributed by atoms with E-state index in [1.165, 1.54) is 6.08 Å². The average Bonchev–Trinajstić information content (AvgIpc) is 1.35. The maximum Gasteiger partial charge on any atom is 0.0639 e. The zero-order valence-corrected chi connectivity index (χ0v) is 5.97. The van der Waals surface area contributed by atoms with E-state index in [0.717, 1.165) is 6.08 Å². The second kappa shape index (κ2) is 24.4. The van der Waals surface area contributed by atoms with Crippen molar-refractivity contribution in [1.82, 2.24) is 6.15 Å². The van der Waals surface area contributed by atoms with Crippen molar-refractivity contribution in [2.45, 2.75) is 6.92 Å². The molecule has 0 saturated carbocycles. The summed E-state index contributed by atoms with van der Waals surface area (Å²) in [6.45, 7) is 1.62. The number of quaternary nitrogens is 1. The number of rotatable bonds is 1. The van der Waals surface area contributed by atoms with Gasteiger partial charge in [-0.25, -0.2) is 0 Å². The van der Waals surface area contributed by atoms with Gasteiger partial charge in [-0.15, -0.1) is 0 Å². The number of hydrogen-bond acceptors (Lipinski definition) is 2. The summed E-state index contributed by atoms with van der Waals surface area (Å²) in [7, 11) is 0. The molecule has 0 aromatic heterocycles. The highest BCUT2D eigenvalue weighted by atomic mass is 16.4. The summed E-state index contributed by atoms with van der Waals surface area (Å²) in [5.74, 6) is -1.14. The predicted octanol–water partition coefficient (Wildman–Crippen LogP) is -2.79. The molecule has 10 heavy (non-hydrogen) atoms. The molecule has 0 aromatic carbocycles. The van der Waals surface area contributed by atoms with Crippen molar-refractivity contribution < 1.29 is 26.3 Å². The van der Waals surface area contributed by atoms with Crippen molar-refractivity contribution in [1.29, 1.82) is 0 Å². The Morgan fingerprint density at radius 3 is 1.60 bits per heavy atom. The zero-order valence-electron chi connectivity index (χ0n) is 5.97. The van der Waals surface area contributed by atoms with Crippen LogP contribution in [0.25, 0.3) is 0 Å². The van der Waals surface area contributed by atoms with Gasteiger partial charge in [0.05, 0.1) is 5.97 Å². The van der Waals surface area contributed by atoms with Crippen LogP contribution >= 0.6 is 0 Å². The molecule has 0 heterocycles. The van der Waals surface area contributed by atoms with Crippen LogP contribution in [0, 0.1) is 0 Å². The minimum Gasteiger partial charge on any atom is -0.545 e. The van der Waals surface area contributed by atoms with Crippen molar-refractivity contribution in [2.75, 3.05) is 0 Å². The first kappa shape index (κ1) is 35.8. The number of carbonyl (C=O) groups is 1. The average molecular weight is 157 g/mol. The highest BCUT2D eigenvalue weighted by Gasteiger charge is 1.61. The van der Waals surface area contributed by atoms with Gasteiger partial charge in [-0.05, 0) is 13.0 Å². The van der Waals surface area contributed by atoms with Crippen LogP contribution in [0.15, 0.2) is 12.2 Å². The Morgan fingerprint density at radius 1 is 1.30 bits per heavy atom. The van der Waals surface area contributed by atoms with Gasteiger partial charge < -0.3 is 32.5 Å². The highest BCUT2D eigenvalue weighted by molar-refractivity contribution is 5.77. The van der Waals surface area contributed by atoms with Crippen molar-refractivity contribution in [3.8, 4) is 0 Å². The molecule has 0 aliphatic carbocycles. The lowest BCUT2D eigenvalue weighted by atomic mass is 10.5. The predicted molar refractivity (Wildman–Crippen MR) is 36.6 cm³/mol. The van der Waals surface area contributed by atoms with Crippen molar-refractivity contribution in [3.63, 3.8) is 0 Å². The van der Waals surface area contributed by atoms with Gasteiger partial charge in [-0.2, -0.15) is 0 Å². The molecule has 0 unspecified atom stereocenters. The maximum absolute atomic E-state index is 9.40. The Balaban J connectivity index is -0.0000000208. The van der Waals surface area contributed by atoms with Crippen LogP contribution in [0.5, 0.6) is 0 Å². The molecule has 10 N–H and O–H groups in total. The van der Waals surface area contributed by atoms with Gasteiger partial charge in [-0.3, -0.25) is 0 Å². The molecule has 0 amide bonds. The number of hydrogen-bond donors (Lipinski definition) is 1. The van der Waals surface area contributed by atoms with Crippen LogP contribution < -0.4 is 11.3 Å². The summed E-state index contributed by atoms with van der Waals surface area (Å²) in [5, 5.41) is 9.40. The molecule has 6 heteroatoms. The fourth-order valence-corrected chi connectivity index (χ4v) is 0.136. The Hall–Kier alpha value is -0.950. The summed E-state index contributed by atoms with van der Waals surface area (Å²) < 4.78 is 0. The Labute approximate surface area is 58.7 Å². The summed E-state index contributed by atoms with van der Waals surface area (Å²) in [5.41, 5.74) is 0. The van der Waals surface area contributed by atoms with Gasteiger partial charge in [0.25, 0.3) is 0 Å². The van der Waals surface area contributed by atoms with Gasteiger partial charge >= 0.3 is 0 Å². The molecule has 0 atom stereocenters. The lowest BCUT2D eigenvalue weighted by Gasteiger charge is -1.83. The Bertz CT molecular complexity index is 81.7. The topological polar surface area (TPSA) is 171 Å². The van der Waals surface area contributed by atoms with Crippen LogP contribution in [0.3, 0.4) is 0 Å². The van der Waals surface area contributed by atoms with E-state index >= 15 is 0 Å². The van der Waals surface area contributed by atoms with Crippen molar-refractivity contribution >= 4 is 5.97 Å². The summed E-state index contributed by atoms with van der Waals surface area (Å²) >= 11 is 0. The van der Waals surface area contributed by atoms with Gasteiger partial charge in [0, 0.05) is 0 Å². The van der Waals surface area contributed by atoms with Gasteiger partial charge in [0.15, 0.2) is 0 Å². The fraction of sp³-hybridized carbons (Fsp3) is 0.250. The summed E-state index contributed by atoms with van der Waals surface area (Å²) in [4.78, 5) is 9.40. The molecule has 0 bridgehead atoms. The van der Waals surface area contributed by atoms with Gasteiger partial charge in [0.1, 0.15) is 0 Å². The molecule has 0 saturated heterocycles. The van der Waals surface area contributed by atoms with Crippen LogP contribution in [0.1, 0.15) is 6.92 Å². The minimum atomic E-state index is -1.14. The Morgan fingerprint density at radius 2 is 1.60 bits per heavy atom. The lowest BCUT2D eigenvalue weighted by Crippen LogP contribution is -2.18. The molecular formula is C4H15NO5. The van der Waals surface area contributed by atoms with E-state index < -0.39 is 5.97 Å². The zero-order chi connectivity index (χ0) is 4.99. The van der Waals surface area contributed by atoms with E-state index in [0.29, 0.717) is 0 Å². The third-order valence-electron chi connectivity index (χ3n) is 0.303. The maximum atomic E-state index is 9.40. The number of aliphatic carboxylic acids is 1. The molecule has 0 spiro atoms. The number of carbonyl (C=O) groups excluding carboxylic acids is 1. The standard InChI is InChI=1S/C4H6O2.H3N.3H2O/c1-2-3-4(5)6;;;;/h2-3H,1H3,(H,5,6);1H3;3*1H2. The van der Waals surface area contributed by atoms with Gasteiger partial charge in [-0.1, -0.05) is 6.08 Å². The molecule has 6 nitrogen and oxygen atoms in total. The fourth-order valence-electron chi connectivity index (χ4n) is 0.136. The number of allylic oxidation sites excluding steroid dienone is 1. The smallest absolute Gasteiger partial charge is 0.0639 e. The van der Waals surface area contributed by atoms with Crippen LogP contribution in [-0.4, -0.2) is 22.4 Å². The molecular weight excluding hydrogens is 142 g/mol. The van der Waals surface area contributed by atoms with Crippen LogP contribution in [0.2, 0.25) is 0 Å². The van der Waals surface area contributed by atoms with E-state index in [1.807, 2.05) is 0 Å². The molecule has 0 radical (unpaired) electrons. The number of carboxylic acids is 1.